The van der Waals surface area contributed by atoms with Gasteiger partial charge in [0.2, 0.25) is 5.91 Å². The lowest BCUT2D eigenvalue weighted by Crippen LogP contribution is -2.36. The van der Waals surface area contributed by atoms with Crippen molar-refractivity contribution in [1.82, 2.24) is 10.6 Å². The van der Waals surface area contributed by atoms with E-state index in [9.17, 15) is 9.59 Å². The summed E-state index contributed by atoms with van der Waals surface area (Å²) < 4.78 is 0.910. The molecule has 5 heteroatoms. The molecule has 0 radical (unpaired) electrons. The van der Waals surface area contributed by atoms with Crippen molar-refractivity contribution < 1.29 is 9.59 Å². The molecular formula is C11H13BrN2O2. The molecule has 0 aromatic heterocycles. The Balaban J connectivity index is 2.47. The second-order valence-corrected chi connectivity index (χ2v) is 4.06. The van der Waals surface area contributed by atoms with Gasteiger partial charge in [-0.1, -0.05) is 15.9 Å². The van der Waals surface area contributed by atoms with Crippen LogP contribution in [0.4, 0.5) is 0 Å². The van der Waals surface area contributed by atoms with Crippen molar-refractivity contribution in [3.05, 3.63) is 34.3 Å². The van der Waals surface area contributed by atoms with Gasteiger partial charge >= 0.3 is 0 Å². The van der Waals surface area contributed by atoms with Crippen molar-refractivity contribution in [3.63, 3.8) is 0 Å². The highest BCUT2D eigenvalue weighted by molar-refractivity contribution is 9.10. The average Bonchev–Trinajstić information content (AvgIpc) is 2.27. The third kappa shape index (κ3) is 4.02. The molecule has 1 rings (SSSR count). The number of hydrogen-bond donors (Lipinski definition) is 2. The summed E-state index contributed by atoms with van der Waals surface area (Å²) in [5.74, 6) is -0.438. The van der Waals surface area contributed by atoms with Crippen molar-refractivity contribution >= 4 is 27.7 Å². The molecular weight excluding hydrogens is 272 g/mol. The smallest absolute Gasteiger partial charge is 0.251 e. The molecule has 1 aromatic rings. The SMILES string of the molecule is CCNC(=O)CNC(=O)c1ccc(Br)cc1. The maximum absolute atomic E-state index is 11.6. The zero-order valence-electron chi connectivity index (χ0n) is 8.92. The molecule has 2 N–H and O–H groups in total. The Labute approximate surface area is 103 Å². The molecule has 2 amide bonds. The Kier molecular flexibility index (Phi) is 4.98. The predicted molar refractivity (Wildman–Crippen MR) is 65.2 cm³/mol. The molecule has 0 heterocycles. The fraction of sp³-hybridized carbons (Fsp3) is 0.273. The molecule has 0 spiro atoms. The van der Waals surface area contributed by atoms with Crippen LogP contribution in [0.2, 0.25) is 0 Å². The van der Waals surface area contributed by atoms with E-state index in [-0.39, 0.29) is 18.4 Å². The standard InChI is InChI=1S/C11H13BrN2O2/c1-2-13-10(15)7-14-11(16)8-3-5-9(12)6-4-8/h3-6H,2,7H2,1H3,(H,13,15)(H,14,16). The van der Waals surface area contributed by atoms with Crippen LogP contribution in [-0.4, -0.2) is 24.9 Å². The molecule has 0 saturated heterocycles. The number of halogens is 1. The summed E-state index contributed by atoms with van der Waals surface area (Å²) in [7, 11) is 0. The van der Waals surface area contributed by atoms with Gasteiger partial charge in [0, 0.05) is 16.6 Å². The van der Waals surface area contributed by atoms with Gasteiger partial charge in [-0.25, -0.2) is 0 Å². The largest absolute Gasteiger partial charge is 0.355 e. The zero-order chi connectivity index (χ0) is 12.0. The molecule has 1 aromatic carbocycles. The monoisotopic (exact) mass is 284 g/mol. The van der Waals surface area contributed by atoms with Crippen molar-refractivity contribution in [2.24, 2.45) is 0 Å². The number of carbonyl (C=O) groups excluding carboxylic acids is 2. The van der Waals surface area contributed by atoms with Gasteiger partial charge in [-0.2, -0.15) is 0 Å². The lowest BCUT2D eigenvalue weighted by molar-refractivity contribution is -0.120. The number of amides is 2. The highest BCUT2D eigenvalue weighted by Gasteiger charge is 2.06. The van der Waals surface area contributed by atoms with Gasteiger partial charge in [0.05, 0.1) is 6.54 Å². The van der Waals surface area contributed by atoms with Gasteiger partial charge in [0.25, 0.3) is 5.91 Å². The summed E-state index contributed by atoms with van der Waals surface area (Å²) in [5.41, 5.74) is 0.535. The first-order valence-corrected chi connectivity index (χ1v) is 5.73. The van der Waals surface area contributed by atoms with E-state index >= 15 is 0 Å². The highest BCUT2D eigenvalue weighted by Crippen LogP contribution is 2.10. The quantitative estimate of drug-likeness (QED) is 0.876. The zero-order valence-corrected chi connectivity index (χ0v) is 10.5. The second-order valence-electron chi connectivity index (χ2n) is 3.14. The molecule has 0 saturated carbocycles. The van der Waals surface area contributed by atoms with Crippen LogP contribution >= 0.6 is 15.9 Å². The van der Waals surface area contributed by atoms with E-state index in [0.29, 0.717) is 12.1 Å². The third-order valence-corrected chi connectivity index (χ3v) is 2.42. The lowest BCUT2D eigenvalue weighted by Gasteiger charge is -2.05. The Morgan fingerprint density at radius 1 is 1.19 bits per heavy atom. The average molecular weight is 285 g/mol. The van der Waals surface area contributed by atoms with E-state index in [0.717, 1.165) is 4.47 Å². The van der Waals surface area contributed by atoms with Crippen LogP contribution in [0.1, 0.15) is 17.3 Å². The van der Waals surface area contributed by atoms with E-state index < -0.39 is 0 Å². The number of rotatable bonds is 4. The van der Waals surface area contributed by atoms with E-state index in [2.05, 4.69) is 26.6 Å². The summed E-state index contributed by atoms with van der Waals surface area (Å²) in [6.45, 7) is 2.39. The number of hydrogen-bond acceptors (Lipinski definition) is 2. The van der Waals surface area contributed by atoms with Gasteiger partial charge in [0.1, 0.15) is 0 Å². The highest BCUT2D eigenvalue weighted by atomic mass is 79.9. The Hall–Kier alpha value is -1.36. The predicted octanol–water partition coefficient (Wildman–Crippen LogP) is 1.31. The van der Waals surface area contributed by atoms with Crippen molar-refractivity contribution in [2.45, 2.75) is 6.92 Å². The second kappa shape index (κ2) is 6.27. The first-order valence-electron chi connectivity index (χ1n) is 4.94. The van der Waals surface area contributed by atoms with E-state index in [1.807, 2.05) is 6.92 Å². The molecule has 4 nitrogen and oxygen atoms in total. The molecule has 16 heavy (non-hydrogen) atoms. The van der Waals surface area contributed by atoms with Crippen LogP contribution in [0.15, 0.2) is 28.7 Å². The number of likely N-dealkylation sites (N-methyl/N-ethyl adjacent to an activating group) is 1. The number of carbonyl (C=O) groups is 2. The maximum atomic E-state index is 11.6. The van der Waals surface area contributed by atoms with E-state index in [1.54, 1.807) is 24.3 Å². The number of benzene rings is 1. The topological polar surface area (TPSA) is 58.2 Å². The maximum Gasteiger partial charge on any atom is 0.251 e. The molecule has 0 aliphatic carbocycles. The molecule has 86 valence electrons. The fourth-order valence-electron chi connectivity index (χ4n) is 1.12. The Morgan fingerprint density at radius 2 is 1.81 bits per heavy atom. The van der Waals surface area contributed by atoms with Gasteiger partial charge in [-0.15, -0.1) is 0 Å². The van der Waals surface area contributed by atoms with Gasteiger partial charge in [-0.3, -0.25) is 9.59 Å². The van der Waals surface area contributed by atoms with Crippen LogP contribution in [0.5, 0.6) is 0 Å². The van der Waals surface area contributed by atoms with Crippen LogP contribution in [0, 0.1) is 0 Å². The molecule has 0 fully saturated rings. The first-order chi connectivity index (χ1) is 7.63. The summed E-state index contributed by atoms with van der Waals surface area (Å²) in [6.07, 6.45) is 0. The normalized spacial score (nSPS) is 9.62. The Morgan fingerprint density at radius 3 is 2.38 bits per heavy atom. The van der Waals surface area contributed by atoms with Crippen LogP contribution in [-0.2, 0) is 4.79 Å². The van der Waals surface area contributed by atoms with Crippen LogP contribution in [0.25, 0.3) is 0 Å². The van der Waals surface area contributed by atoms with Gasteiger partial charge < -0.3 is 10.6 Å². The minimum Gasteiger partial charge on any atom is -0.355 e. The van der Waals surface area contributed by atoms with Crippen molar-refractivity contribution in [2.75, 3.05) is 13.1 Å². The molecule has 0 aliphatic heterocycles. The summed E-state index contributed by atoms with van der Waals surface area (Å²) in [6, 6.07) is 6.94. The van der Waals surface area contributed by atoms with Gasteiger partial charge in [-0.05, 0) is 31.2 Å². The lowest BCUT2D eigenvalue weighted by atomic mass is 10.2. The van der Waals surface area contributed by atoms with E-state index in [4.69, 9.17) is 0 Å². The summed E-state index contributed by atoms with van der Waals surface area (Å²) >= 11 is 3.28. The minimum absolute atomic E-state index is 0.00272. The van der Waals surface area contributed by atoms with E-state index in [1.165, 1.54) is 0 Å². The fourth-order valence-corrected chi connectivity index (χ4v) is 1.39. The van der Waals surface area contributed by atoms with Gasteiger partial charge in [0.15, 0.2) is 0 Å². The Bertz CT molecular complexity index is 376. The van der Waals surface area contributed by atoms with Crippen LogP contribution in [0.3, 0.4) is 0 Å². The summed E-state index contributed by atoms with van der Waals surface area (Å²) in [5, 5.41) is 5.14. The van der Waals surface area contributed by atoms with Crippen molar-refractivity contribution in [3.8, 4) is 0 Å². The third-order valence-electron chi connectivity index (χ3n) is 1.89. The molecule has 0 unspecified atom stereocenters. The molecule has 0 bridgehead atoms. The minimum atomic E-state index is -0.251. The summed E-state index contributed by atoms with van der Waals surface area (Å²) in [4.78, 5) is 22.7. The molecule has 0 atom stereocenters. The number of nitrogens with one attached hydrogen (secondary N) is 2. The van der Waals surface area contributed by atoms with Crippen molar-refractivity contribution in [1.29, 1.82) is 0 Å². The first kappa shape index (κ1) is 12.7. The molecule has 0 aliphatic rings. The van der Waals surface area contributed by atoms with Crippen LogP contribution < -0.4 is 10.6 Å².